The number of carboxylic acid groups (broad SMARTS) is 2. The molecule has 8 heteroatoms. The van der Waals surface area contributed by atoms with Crippen molar-refractivity contribution < 1.29 is 29.0 Å². The first-order valence-electron chi connectivity index (χ1n) is 5.55. The lowest BCUT2D eigenvalue weighted by Gasteiger charge is -2.20. The molecule has 108 valence electrons. The Hall–Kier alpha value is -2.64. The maximum atomic E-state index is 13.0. The Morgan fingerprint density at radius 1 is 1.35 bits per heavy atom. The molecule has 0 aliphatic carbocycles. The van der Waals surface area contributed by atoms with E-state index >= 15 is 0 Å². The molecule has 1 aromatic rings. The number of benzene rings is 1. The third-order valence-electron chi connectivity index (χ3n) is 2.47. The van der Waals surface area contributed by atoms with Crippen LogP contribution in [-0.4, -0.2) is 41.3 Å². The Balaban J connectivity index is 2.78. The fourth-order valence-electron chi connectivity index (χ4n) is 1.42. The van der Waals surface area contributed by atoms with Crippen molar-refractivity contribution in [2.75, 3.05) is 11.9 Å². The van der Waals surface area contributed by atoms with E-state index in [9.17, 15) is 18.8 Å². The number of carbonyl (C=O) groups excluding carboxylic acids is 1. The average molecular weight is 284 g/mol. The summed E-state index contributed by atoms with van der Waals surface area (Å²) in [6.45, 7) is 0. The monoisotopic (exact) mass is 284 g/mol. The highest BCUT2D eigenvalue weighted by Gasteiger charge is 2.24. The minimum Gasteiger partial charge on any atom is -0.481 e. The number of hydrogen-bond donors (Lipinski definition) is 3. The van der Waals surface area contributed by atoms with Crippen molar-refractivity contribution in [1.82, 2.24) is 5.32 Å². The van der Waals surface area contributed by atoms with E-state index in [1.54, 1.807) is 0 Å². The molecular weight excluding hydrogens is 271 g/mol. The minimum absolute atomic E-state index is 0.210. The summed E-state index contributed by atoms with van der Waals surface area (Å²) in [5.41, 5.74) is 0.210. The molecule has 0 bridgehead atoms. The topological polar surface area (TPSA) is 107 Å². The van der Waals surface area contributed by atoms with E-state index in [4.69, 9.17) is 10.2 Å². The maximum Gasteiger partial charge on any atom is 0.326 e. The third kappa shape index (κ3) is 4.23. The molecule has 1 aromatic carbocycles. The Bertz CT molecular complexity index is 534. The second-order valence-electron chi connectivity index (χ2n) is 3.98. The van der Waals surface area contributed by atoms with Crippen molar-refractivity contribution in [1.29, 1.82) is 0 Å². The van der Waals surface area contributed by atoms with E-state index in [1.165, 1.54) is 25.2 Å². The fraction of sp³-hybridized carbons (Fsp3) is 0.250. The van der Waals surface area contributed by atoms with Gasteiger partial charge in [0, 0.05) is 12.7 Å². The average Bonchev–Trinajstić information content (AvgIpc) is 2.36. The van der Waals surface area contributed by atoms with Crippen LogP contribution in [0.3, 0.4) is 0 Å². The Labute approximate surface area is 113 Å². The first-order chi connectivity index (χ1) is 9.31. The number of rotatable bonds is 5. The minimum atomic E-state index is -1.56. The molecular formula is C12H13FN2O5. The Morgan fingerprint density at radius 2 is 2.00 bits per heavy atom. The molecule has 0 aromatic heterocycles. The lowest BCUT2D eigenvalue weighted by atomic mass is 10.2. The Kier molecular flexibility index (Phi) is 5.01. The zero-order valence-electron chi connectivity index (χ0n) is 10.5. The van der Waals surface area contributed by atoms with Crippen LogP contribution in [0.25, 0.3) is 0 Å². The van der Waals surface area contributed by atoms with Crippen molar-refractivity contribution >= 4 is 23.7 Å². The molecule has 1 rings (SSSR count). The largest absolute Gasteiger partial charge is 0.481 e. The van der Waals surface area contributed by atoms with Crippen molar-refractivity contribution in [3.63, 3.8) is 0 Å². The van der Waals surface area contributed by atoms with E-state index in [0.29, 0.717) is 0 Å². The molecule has 0 radical (unpaired) electrons. The van der Waals surface area contributed by atoms with Gasteiger partial charge >= 0.3 is 18.0 Å². The molecule has 2 amide bonds. The van der Waals surface area contributed by atoms with Gasteiger partial charge in [0.1, 0.15) is 11.9 Å². The summed E-state index contributed by atoms with van der Waals surface area (Å²) in [6, 6.07) is 2.72. The highest BCUT2D eigenvalue weighted by molar-refractivity contribution is 5.94. The highest BCUT2D eigenvalue weighted by atomic mass is 19.1. The van der Waals surface area contributed by atoms with E-state index < -0.39 is 36.2 Å². The first kappa shape index (κ1) is 15.4. The SMILES string of the molecule is CN(C(=O)NC(CC(=O)O)C(=O)O)c1cccc(F)c1. The maximum absolute atomic E-state index is 13.0. The number of urea groups is 1. The van der Waals surface area contributed by atoms with Crippen molar-refractivity contribution in [3.05, 3.63) is 30.1 Å². The van der Waals surface area contributed by atoms with Crippen LogP contribution in [0.2, 0.25) is 0 Å². The summed E-state index contributed by atoms with van der Waals surface area (Å²) < 4.78 is 13.0. The molecule has 0 heterocycles. The van der Waals surface area contributed by atoms with Crippen molar-refractivity contribution in [2.45, 2.75) is 12.5 Å². The van der Waals surface area contributed by atoms with Gasteiger partial charge in [0.05, 0.1) is 6.42 Å². The fourth-order valence-corrected chi connectivity index (χ4v) is 1.42. The molecule has 20 heavy (non-hydrogen) atoms. The van der Waals surface area contributed by atoms with Gasteiger partial charge in [-0.2, -0.15) is 0 Å². The van der Waals surface area contributed by atoms with Crippen LogP contribution in [0.5, 0.6) is 0 Å². The van der Waals surface area contributed by atoms with Crippen LogP contribution in [-0.2, 0) is 9.59 Å². The van der Waals surface area contributed by atoms with Gasteiger partial charge in [-0.1, -0.05) is 6.07 Å². The molecule has 1 unspecified atom stereocenters. The van der Waals surface area contributed by atoms with Crippen molar-refractivity contribution in [2.24, 2.45) is 0 Å². The van der Waals surface area contributed by atoms with Gasteiger partial charge in [0.25, 0.3) is 0 Å². The molecule has 3 N–H and O–H groups in total. The lowest BCUT2D eigenvalue weighted by Crippen LogP contribution is -2.47. The molecule has 7 nitrogen and oxygen atoms in total. The number of halogens is 1. The number of aliphatic carboxylic acids is 2. The van der Waals surface area contributed by atoms with Crippen LogP contribution >= 0.6 is 0 Å². The molecule has 0 fully saturated rings. The Morgan fingerprint density at radius 3 is 2.50 bits per heavy atom. The molecule has 0 aliphatic heterocycles. The van der Waals surface area contributed by atoms with Gasteiger partial charge in [0.2, 0.25) is 0 Å². The number of amides is 2. The summed E-state index contributed by atoms with van der Waals surface area (Å²) in [6.07, 6.45) is -0.752. The molecule has 0 spiro atoms. The smallest absolute Gasteiger partial charge is 0.326 e. The summed E-state index contributed by atoms with van der Waals surface area (Å²) in [5, 5.41) is 19.4. The lowest BCUT2D eigenvalue weighted by molar-refractivity contribution is -0.145. The second-order valence-corrected chi connectivity index (χ2v) is 3.98. The molecule has 1 atom stereocenters. The normalized spacial score (nSPS) is 11.5. The van der Waals surface area contributed by atoms with Gasteiger partial charge in [-0.3, -0.25) is 9.69 Å². The number of carbonyl (C=O) groups is 3. The number of nitrogens with one attached hydrogen (secondary N) is 1. The summed E-state index contributed by atoms with van der Waals surface area (Å²) in [7, 11) is 1.31. The number of anilines is 1. The number of carboxylic acids is 2. The summed E-state index contributed by atoms with van der Waals surface area (Å²) >= 11 is 0. The molecule has 0 saturated heterocycles. The van der Waals surface area contributed by atoms with Gasteiger partial charge in [0.15, 0.2) is 0 Å². The van der Waals surface area contributed by atoms with Gasteiger partial charge in [-0.05, 0) is 18.2 Å². The number of nitrogens with zero attached hydrogens (tertiary/aromatic N) is 1. The van der Waals surface area contributed by atoms with Gasteiger partial charge < -0.3 is 15.5 Å². The van der Waals surface area contributed by atoms with Crippen LogP contribution < -0.4 is 10.2 Å². The van der Waals surface area contributed by atoms with Gasteiger partial charge in [-0.25, -0.2) is 14.0 Å². The molecule has 0 saturated carbocycles. The summed E-state index contributed by atoms with van der Waals surface area (Å²) in [4.78, 5) is 34.1. The van der Waals surface area contributed by atoms with Gasteiger partial charge in [-0.15, -0.1) is 0 Å². The quantitative estimate of drug-likeness (QED) is 0.744. The second kappa shape index (κ2) is 6.50. The predicted octanol–water partition coefficient (Wildman–Crippen LogP) is 0.899. The predicted molar refractivity (Wildman–Crippen MR) is 67.0 cm³/mol. The summed E-state index contributed by atoms with van der Waals surface area (Å²) in [5.74, 6) is -3.37. The van der Waals surface area contributed by atoms with E-state index in [-0.39, 0.29) is 5.69 Å². The third-order valence-corrected chi connectivity index (χ3v) is 2.47. The number of hydrogen-bond acceptors (Lipinski definition) is 3. The van der Waals surface area contributed by atoms with E-state index in [1.807, 2.05) is 5.32 Å². The van der Waals surface area contributed by atoms with E-state index in [2.05, 4.69) is 0 Å². The van der Waals surface area contributed by atoms with E-state index in [0.717, 1.165) is 11.0 Å². The van der Waals surface area contributed by atoms with Crippen LogP contribution in [0, 0.1) is 5.82 Å². The zero-order chi connectivity index (χ0) is 15.3. The highest BCUT2D eigenvalue weighted by Crippen LogP contribution is 2.14. The van der Waals surface area contributed by atoms with Crippen molar-refractivity contribution in [3.8, 4) is 0 Å². The zero-order valence-corrected chi connectivity index (χ0v) is 10.5. The van der Waals surface area contributed by atoms with Crippen LogP contribution in [0.1, 0.15) is 6.42 Å². The standard InChI is InChI=1S/C12H13FN2O5/c1-15(8-4-2-3-7(13)5-8)12(20)14-9(11(18)19)6-10(16)17/h2-5,9H,6H2,1H3,(H,14,20)(H,16,17)(H,18,19). The van der Waals surface area contributed by atoms with Crippen LogP contribution in [0.15, 0.2) is 24.3 Å². The molecule has 0 aliphatic rings. The van der Waals surface area contributed by atoms with Crippen LogP contribution in [0.4, 0.5) is 14.9 Å². The first-order valence-corrected chi connectivity index (χ1v) is 5.55.